The SMILES string of the molecule is CCCC(=O)Nc1cc2c(cc1OC)NC(=O)CC2c1cc2n(n1)CCCNC2. The van der Waals surface area contributed by atoms with Crippen LogP contribution in [-0.4, -0.2) is 35.2 Å². The third-order valence-electron chi connectivity index (χ3n) is 5.43. The van der Waals surface area contributed by atoms with Gasteiger partial charge >= 0.3 is 0 Å². The van der Waals surface area contributed by atoms with Crippen LogP contribution < -0.4 is 20.7 Å². The summed E-state index contributed by atoms with van der Waals surface area (Å²) in [5.41, 5.74) is 4.29. The molecular weight excluding hydrogens is 370 g/mol. The Morgan fingerprint density at radius 1 is 1.38 bits per heavy atom. The summed E-state index contributed by atoms with van der Waals surface area (Å²) >= 11 is 0. The molecule has 1 unspecified atom stereocenters. The van der Waals surface area contributed by atoms with Gasteiger partial charge in [-0.1, -0.05) is 6.92 Å². The zero-order chi connectivity index (χ0) is 20.4. The largest absolute Gasteiger partial charge is 0.494 e. The van der Waals surface area contributed by atoms with Crippen molar-refractivity contribution in [2.24, 2.45) is 0 Å². The molecule has 1 aromatic carbocycles. The molecule has 1 aromatic heterocycles. The first-order chi connectivity index (χ1) is 14.1. The molecule has 0 bridgehead atoms. The number of ether oxygens (including phenoxy) is 1. The molecule has 3 heterocycles. The summed E-state index contributed by atoms with van der Waals surface area (Å²) in [4.78, 5) is 24.5. The number of benzene rings is 1. The van der Waals surface area contributed by atoms with E-state index in [1.54, 1.807) is 13.2 Å². The molecule has 2 aromatic rings. The highest BCUT2D eigenvalue weighted by Gasteiger charge is 2.31. The maximum atomic E-state index is 12.4. The van der Waals surface area contributed by atoms with E-state index in [0.717, 1.165) is 49.4 Å². The minimum absolute atomic E-state index is 0.0476. The second kappa shape index (κ2) is 8.24. The van der Waals surface area contributed by atoms with Gasteiger partial charge in [-0.3, -0.25) is 14.3 Å². The van der Waals surface area contributed by atoms with Gasteiger partial charge in [-0.25, -0.2) is 0 Å². The van der Waals surface area contributed by atoms with E-state index in [9.17, 15) is 9.59 Å². The number of carbonyl (C=O) groups excluding carboxylic acids is 2. The number of amides is 2. The molecule has 0 saturated carbocycles. The molecule has 2 aliphatic rings. The Morgan fingerprint density at radius 3 is 3.03 bits per heavy atom. The molecule has 1 atom stereocenters. The maximum Gasteiger partial charge on any atom is 0.225 e. The fourth-order valence-electron chi connectivity index (χ4n) is 4.01. The molecule has 0 aliphatic carbocycles. The molecule has 154 valence electrons. The van der Waals surface area contributed by atoms with Gasteiger partial charge in [-0.05, 0) is 37.1 Å². The molecule has 4 rings (SSSR count). The zero-order valence-corrected chi connectivity index (χ0v) is 16.9. The van der Waals surface area contributed by atoms with Crippen molar-refractivity contribution < 1.29 is 14.3 Å². The zero-order valence-electron chi connectivity index (χ0n) is 16.9. The molecule has 8 nitrogen and oxygen atoms in total. The fraction of sp³-hybridized carbons (Fsp3) is 0.476. The number of carbonyl (C=O) groups is 2. The van der Waals surface area contributed by atoms with Crippen LogP contribution in [0.5, 0.6) is 5.75 Å². The molecule has 0 fully saturated rings. The third-order valence-corrected chi connectivity index (χ3v) is 5.43. The average molecular weight is 397 g/mol. The molecule has 2 amide bonds. The summed E-state index contributed by atoms with van der Waals surface area (Å²) in [6, 6.07) is 5.78. The van der Waals surface area contributed by atoms with Gasteiger partial charge in [0.2, 0.25) is 11.8 Å². The molecule has 3 N–H and O–H groups in total. The van der Waals surface area contributed by atoms with E-state index in [1.807, 2.05) is 17.7 Å². The van der Waals surface area contributed by atoms with Crippen molar-refractivity contribution >= 4 is 23.2 Å². The van der Waals surface area contributed by atoms with Gasteiger partial charge in [0.05, 0.1) is 24.2 Å². The van der Waals surface area contributed by atoms with Crippen LogP contribution >= 0.6 is 0 Å². The van der Waals surface area contributed by atoms with Crippen molar-refractivity contribution in [1.29, 1.82) is 0 Å². The number of hydrogen-bond donors (Lipinski definition) is 3. The Bertz CT molecular complexity index is 913. The Balaban J connectivity index is 1.73. The number of methoxy groups -OCH3 is 1. The van der Waals surface area contributed by atoms with E-state index in [1.165, 1.54) is 0 Å². The Kier molecular flexibility index (Phi) is 5.53. The van der Waals surface area contributed by atoms with Crippen molar-refractivity contribution in [3.8, 4) is 5.75 Å². The van der Waals surface area contributed by atoms with Crippen LogP contribution in [-0.2, 0) is 22.7 Å². The van der Waals surface area contributed by atoms with Crippen LogP contribution in [0.15, 0.2) is 18.2 Å². The molecule has 8 heteroatoms. The predicted molar refractivity (Wildman–Crippen MR) is 110 cm³/mol. The number of fused-ring (bicyclic) bond motifs is 2. The van der Waals surface area contributed by atoms with Gasteiger partial charge in [-0.15, -0.1) is 0 Å². The summed E-state index contributed by atoms with van der Waals surface area (Å²) in [5.74, 6) is 0.264. The van der Waals surface area contributed by atoms with E-state index in [2.05, 4.69) is 22.0 Å². The van der Waals surface area contributed by atoms with Gasteiger partial charge in [-0.2, -0.15) is 5.10 Å². The Morgan fingerprint density at radius 2 is 2.24 bits per heavy atom. The van der Waals surface area contributed by atoms with Crippen molar-refractivity contribution in [1.82, 2.24) is 15.1 Å². The smallest absolute Gasteiger partial charge is 0.225 e. The summed E-state index contributed by atoms with van der Waals surface area (Å²) in [6.45, 7) is 4.59. The Labute approximate surface area is 170 Å². The molecule has 29 heavy (non-hydrogen) atoms. The highest BCUT2D eigenvalue weighted by molar-refractivity contribution is 5.98. The summed E-state index contributed by atoms with van der Waals surface area (Å²) in [5, 5.41) is 14.1. The minimum atomic E-state index is -0.161. The lowest BCUT2D eigenvalue weighted by atomic mass is 9.87. The highest BCUT2D eigenvalue weighted by Crippen LogP contribution is 2.42. The lowest BCUT2D eigenvalue weighted by Crippen LogP contribution is -2.24. The lowest BCUT2D eigenvalue weighted by molar-refractivity contribution is -0.117. The number of aromatic nitrogens is 2. The third kappa shape index (κ3) is 3.98. The Hall–Kier alpha value is -2.87. The van der Waals surface area contributed by atoms with Crippen LogP contribution in [0.4, 0.5) is 11.4 Å². The maximum absolute atomic E-state index is 12.4. The first kappa shape index (κ1) is 19.4. The minimum Gasteiger partial charge on any atom is -0.494 e. The van der Waals surface area contributed by atoms with Crippen LogP contribution in [0.3, 0.4) is 0 Å². The van der Waals surface area contributed by atoms with Crippen molar-refractivity contribution in [3.63, 3.8) is 0 Å². The van der Waals surface area contributed by atoms with Crippen LogP contribution in [0, 0.1) is 0 Å². The van der Waals surface area contributed by atoms with Crippen molar-refractivity contribution in [3.05, 3.63) is 35.2 Å². The number of nitrogens with one attached hydrogen (secondary N) is 3. The molecular formula is C21H27N5O3. The molecule has 0 spiro atoms. The lowest BCUT2D eigenvalue weighted by Gasteiger charge is -2.26. The molecule has 0 saturated heterocycles. The number of anilines is 2. The quantitative estimate of drug-likeness (QED) is 0.721. The number of hydrogen-bond acceptors (Lipinski definition) is 5. The number of aryl methyl sites for hydroxylation is 1. The van der Waals surface area contributed by atoms with Gasteiger partial charge < -0.3 is 20.7 Å². The summed E-state index contributed by atoms with van der Waals surface area (Å²) < 4.78 is 7.49. The van der Waals surface area contributed by atoms with E-state index < -0.39 is 0 Å². The number of rotatable bonds is 5. The predicted octanol–water partition coefficient (Wildman–Crippen LogP) is 2.60. The van der Waals surface area contributed by atoms with E-state index in [4.69, 9.17) is 9.84 Å². The standard InChI is InChI=1S/C21H27N5O3/c1-3-5-20(27)24-18-9-14-15(10-21(28)23-16(14)11-19(18)29-2)17-8-13-12-22-6-4-7-26(13)25-17/h8-9,11,15,22H,3-7,10,12H2,1-2H3,(H,23,28)(H,24,27). The van der Waals surface area contributed by atoms with Crippen molar-refractivity contribution in [2.45, 2.75) is 51.6 Å². The topological polar surface area (TPSA) is 97.3 Å². The van der Waals surface area contributed by atoms with E-state index >= 15 is 0 Å². The van der Waals surface area contributed by atoms with E-state index in [-0.39, 0.29) is 17.7 Å². The average Bonchev–Trinajstić information content (AvgIpc) is 2.97. The van der Waals surface area contributed by atoms with Crippen LogP contribution in [0.1, 0.15) is 55.5 Å². The summed E-state index contributed by atoms with van der Waals surface area (Å²) in [6.07, 6.45) is 2.57. The number of nitrogens with zero attached hydrogens (tertiary/aromatic N) is 2. The van der Waals surface area contributed by atoms with Crippen molar-refractivity contribution in [2.75, 3.05) is 24.3 Å². The second-order valence-corrected chi connectivity index (χ2v) is 7.56. The molecule has 0 radical (unpaired) electrons. The molecule has 2 aliphatic heterocycles. The first-order valence-corrected chi connectivity index (χ1v) is 10.2. The van der Waals surface area contributed by atoms with Gasteiger partial charge in [0.15, 0.2) is 0 Å². The van der Waals surface area contributed by atoms with Gasteiger partial charge in [0, 0.05) is 43.6 Å². The van der Waals surface area contributed by atoms with Crippen LogP contribution in [0.2, 0.25) is 0 Å². The highest BCUT2D eigenvalue weighted by atomic mass is 16.5. The van der Waals surface area contributed by atoms with E-state index in [0.29, 0.717) is 30.0 Å². The van der Waals surface area contributed by atoms with Gasteiger partial charge in [0.25, 0.3) is 0 Å². The monoisotopic (exact) mass is 397 g/mol. The summed E-state index contributed by atoms with van der Waals surface area (Å²) in [7, 11) is 1.55. The van der Waals surface area contributed by atoms with Gasteiger partial charge in [0.1, 0.15) is 5.75 Å². The van der Waals surface area contributed by atoms with Crippen LogP contribution in [0.25, 0.3) is 0 Å². The normalized spacial score (nSPS) is 18.3. The first-order valence-electron chi connectivity index (χ1n) is 10.2. The fourth-order valence-corrected chi connectivity index (χ4v) is 4.01. The second-order valence-electron chi connectivity index (χ2n) is 7.56.